The summed E-state index contributed by atoms with van der Waals surface area (Å²) in [4.78, 5) is 16.1. The van der Waals surface area contributed by atoms with Gasteiger partial charge in [-0.2, -0.15) is 0 Å². The molecule has 0 aliphatic carbocycles. The van der Waals surface area contributed by atoms with Crippen molar-refractivity contribution in [1.82, 2.24) is 9.55 Å². The second-order valence-electron chi connectivity index (χ2n) is 6.03. The third-order valence-corrected chi connectivity index (χ3v) is 5.23. The Morgan fingerprint density at radius 1 is 1.08 bits per heavy atom. The summed E-state index contributed by atoms with van der Waals surface area (Å²) >= 11 is 1.38. The molecule has 0 saturated carbocycles. The van der Waals surface area contributed by atoms with E-state index in [9.17, 15) is 4.79 Å². The highest BCUT2D eigenvalue weighted by Crippen LogP contribution is 2.34. The number of benzene rings is 2. The highest BCUT2D eigenvalue weighted by atomic mass is 32.2. The number of hydrogen-bond donors (Lipinski definition) is 1. The van der Waals surface area contributed by atoms with Crippen LogP contribution in [-0.4, -0.2) is 20.7 Å². The molecule has 0 unspecified atom stereocenters. The van der Waals surface area contributed by atoms with Gasteiger partial charge in [0.25, 0.3) is 0 Å². The molecule has 1 amide bonds. The summed E-state index contributed by atoms with van der Waals surface area (Å²) in [6.45, 7) is 5.98. The quantitative estimate of drug-likeness (QED) is 0.703. The van der Waals surface area contributed by atoms with Crippen LogP contribution >= 0.6 is 11.8 Å². The number of amides is 1. The lowest BCUT2D eigenvalue weighted by Crippen LogP contribution is -2.23. The first-order valence-electron chi connectivity index (χ1n) is 8.14. The molecule has 0 saturated heterocycles. The van der Waals surface area contributed by atoms with Gasteiger partial charge < -0.3 is 5.73 Å². The van der Waals surface area contributed by atoms with Gasteiger partial charge in [0.1, 0.15) is 0 Å². The molecule has 0 aliphatic heterocycles. The Bertz CT molecular complexity index is 882. The molecule has 0 fully saturated rings. The van der Waals surface area contributed by atoms with E-state index in [1.807, 2.05) is 30.5 Å². The minimum absolute atomic E-state index is 0.345. The molecule has 128 valence electrons. The van der Waals surface area contributed by atoms with E-state index >= 15 is 0 Å². The van der Waals surface area contributed by atoms with Crippen LogP contribution in [0.2, 0.25) is 0 Å². The lowest BCUT2D eigenvalue weighted by atomic mass is 10.1. The van der Waals surface area contributed by atoms with Gasteiger partial charge >= 0.3 is 0 Å². The minimum Gasteiger partial charge on any atom is -0.369 e. The SMILES string of the molecule is Cc1cccc(C)c1-n1c(-c2ccccc2)cnc1S[C@@H](C)C(N)=O. The number of imidazole rings is 1. The van der Waals surface area contributed by atoms with Crippen molar-refractivity contribution >= 4 is 17.7 Å². The molecule has 3 rings (SSSR count). The van der Waals surface area contributed by atoms with Gasteiger partial charge in [0, 0.05) is 5.56 Å². The van der Waals surface area contributed by atoms with Gasteiger partial charge in [0.05, 0.1) is 22.8 Å². The number of primary amides is 1. The van der Waals surface area contributed by atoms with Crippen LogP contribution in [0, 0.1) is 13.8 Å². The highest BCUT2D eigenvalue weighted by molar-refractivity contribution is 8.00. The summed E-state index contributed by atoms with van der Waals surface area (Å²) in [5, 5.41) is 0.414. The number of para-hydroxylation sites is 1. The van der Waals surface area contributed by atoms with Crippen LogP contribution in [0.5, 0.6) is 0 Å². The van der Waals surface area contributed by atoms with Gasteiger partial charge in [0.15, 0.2) is 5.16 Å². The first kappa shape index (κ1) is 17.3. The summed E-state index contributed by atoms with van der Waals surface area (Å²) in [6.07, 6.45) is 1.86. The maximum atomic E-state index is 11.5. The van der Waals surface area contributed by atoms with Crippen LogP contribution < -0.4 is 5.73 Å². The molecule has 25 heavy (non-hydrogen) atoms. The average molecular weight is 351 g/mol. The number of carbonyl (C=O) groups excluding carboxylic acids is 1. The molecule has 1 aromatic heterocycles. The second kappa shape index (κ2) is 7.15. The number of nitrogens with two attached hydrogens (primary N) is 1. The molecule has 0 bridgehead atoms. The lowest BCUT2D eigenvalue weighted by molar-refractivity contribution is -0.117. The maximum Gasteiger partial charge on any atom is 0.230 e. The molecular weight excluding hydrogens is 330 g/mol. The highest BCUT2D eigenvalue weighted by Gasteiger charge is 2.20. The summed E-state index contributed by atoms with van der Waals surface area (Å²) in [7, 11) is 0. The van der Waals surface area contributed by atoms with Crippen LogP contribution in [0.3, 0.4) is 0 Å². The number of thioether (sulfide) groups is 1. The topological polar surface area (TPSA) is 60.9 Å². The third-order valence-electron chi connectivity index (χ3n) is 4.14. The van der Waals surface area contributed by atoms with Crippen molar-refractivity contribution in [2.75, 3.05) is 0 Å². The normalized spacial score (nSPS) is 12.1. The Morgan fingerprint density at radius 3 is 2.32 bits per heavy atom. The van der Waals surface area contributed by atoms with Gasteiger partial charge in [-0.15, -0.1) is 0 Å². The van der Waals surface area contributed by atoms with Crippen molar-refractivity contribution in [3.8, 4) is 16.9 Å². The summed E-state index contributed by atoms with van der Waals surface area (Å²) in [5.41, 5.74) is 10.9. The van der Waals surface area contributed by atoms with Crippen LogP contribution in [0.15, 0.2) is 59.9 Å². The molecule has 0 spiro atoms. The van der Waals surface area contributed by atoms with Crippen molar-refractivity contribution in [3.05, 3.63) is 65.9 Å². The van der Waals surface area contributed by atoms with Gasteiger partial charge in [0.2, 0.25) is 5.91 Å². The number of nitrogens with zero attached hydrogens (tertiary/aromatic N) is 2. The van der Waals surface area contributed by atoms with E-state index in [0.717, 1.165) is 33.2 Å². The van der Waals surface area contributed by atoms with Crippen molar-refractivity contribution in [3.63, 3.8) is 0 Å². The third kappa shape index (κ3) is 3.46. The zero-order chi connectivity index (χ0) is 18.0. The predicted molar refractivity (Wildman–Crippen MR) is 103 cm³/mol. The van der Waals surface area contributed by atoms with E-state index in [4.69, 9.17) is 5.73 Å². The molecule has 1 heterocycles. The van der Waals surface area contributed by atoms with Crippen molar-refractivity contribution in [2.24, 2.45) is 5.73 Å². The van der Waals surface area contributed by atoms with Crippen LogP contribution in [-0.2, 0) is 4.79 Å². The molecule has 2 aromatic carbocycles. The average Bonchev–Trinajstić information content (AvgIpc) is 2.99. The predicted octanol–water partition coefficient (Wildman–Crippen LogP) is 4.12. The van der Waals surface area contributed by atoms with Crippen molar-refractivity contribution in [1.29, 1.82) is 0 Å². The zero-order valence-electron chi connectivity index (χ0n) is 14.6. The summed E-state index contributed by atoms with van der Waals surface area (Å²) < 4.78 is 2.13. The number of hydrogen-bond acceptors (Lipinski definition) is 3. The Hall–Kier alpha value is -2.53. The van der Waals surface area contributed by atoms with Crippen molar-refractivity contribution in [2.45, 2.75) is 31.2 Å². The largest absolute Gasteiger partial charge is 0.369 e. The van der Waals surface area contributed by atoms with E-state index in [1.54, 1.807) is 6.92 Å². The summed E-state index contributed by atoms with van der Waals surface area (Å²) in [5.74, 6) is -0.345. The lowest BCUT2D eigenvalue weighted by Gasteiger charge is -2.18. The number of carbonyl (C=O) groups is 1. The fraction of sp³-hybridized carbons (Fsp3) is 0.200. The number of aryl methyl sites for hydroxylation is 2. The fourth-order valence-corrected chi connectivity index (χ4v) is 3.66. The first-order chi connectivity index (χ1) is 12.0. The number of rotatable bonds is 5. The van der Waals surface area contributed by atoms with Gasteiger partial charge in [-0.25, -0.2) is 4.98 Å². The number of aromatic nitrogens is 2. The van der Waals surface area contributed by atoms with Crippen LogP contribution in [0.25, 0.3) is 16.9 Å². The molecule has 2 N–H and O–H groups in total. The summed E-state index contributed by atoms with van der Waals surface area (Å²) in [6, 6.07) is 16.4. The molecule has 5 heteroatoms. The minimum atomic E-state index is -0.353. The Labute approximate surface area is 152 Å². The van der Waals surface area contributed by atoms with Crippen molar-refractivity contribution < 1.29 is 4.79 Å². The van der Waals surface area contributed by atoms with E-state index in [0.29, 0.717) is 0 Å². The van der Waals surface area contributed by atoms with Gasteiger partial charge in [-0.3, -0.25) is 9.36 Å². The molecule has 3 aromatic rings. The molecule has 0 aliphatic rings. The molecular formula is C20H21N3OS. The maximum absolute atomic E-state index is 11.5. The van der Waals surface area contributed by atoms with Crippen LogP contribution in [0.4, 0.5) is 0 Å². The molecule has 1 atom stereocenters. The zero-order valence-corrected chi connectivity index (χ0v) is 15.4. The van der Waals surface area contributed by atoms with E-state index in [2.05, 4.69) is 47.7 Å². The molecule has 4 nitrogen and oxygen atoms in total. The van der Waals surface area contributed by atoms with Gasteiger partial charge in [-0.1, -0.05) is 60.3 Å². The second-order valence-corrected chi connectivity index (χ2v) is 7.34. The molecule has 0 radical (unpaired) electrons. The Kier molecular flexibility index (Phi) is 4.95. The Morgan fingerprint density at radius 2 is 1.72 bits per heavy atom. The monoisotopic (exact) mass is 351 g/mol. The van der Waals surface area contributed by atoms with Crippen LogP contribution in [0.1, 0.15) is 18.1 Å². The fourth-order valence-electron chi connectivity index (χ4n) is 2.82. The van der Waals surface area contributed by atoms with Gasteiger partial charge in [-0.05, 0) is 31.9 Å². The standard InChI is InChI=1S/C20H21N3OS/c1-13-8-7-9-14(2)18(13)23-17(16-10-5-4-6-11-16)12-22-20(23)25-15(3)19(21)24/h4-12,15H,1-3H3,(H2,21,24)/t15-/m0/s1. The smallest absolute Gasteiger partial charge is 0.230 e. The first-order valence-corrected chi connectivity index (χ1v) is 9.02. The Balaban J connectivity index is 2.22. The van der Waals surface area contributed by atoms with E-state index in [-0.39, 0.29) is 11.2 Å². The van der Waals surface area contributed by atoms with E-state index in [1.165, 1.54) is 11.8 Å². The van der Waals surface area contributed by atoms with E-state index < -0.39 is 0 Å².